The molecule has 0 aromatic carbocycles. The van der Waals surface area contributed by atoms with Gasteiger partial charge >= 0.3 is 0 Å². The highest BCUT2D eigenvalue weighted by molar-refractivity contribution is 6.37. The number of nitrogens with one attached hydrogen (secondary N) is 2. The molecule has 5 nitrogen and oxygen atoms in total. The summed E-state index contributed by atoms with van der Waals surface area (Å²) in [6.45, 7) is 4.02. The summed E-state index contributed by atoms with van der Waals surface area (Å²) >= 11 is 12.2. The molecular weight excluding hydrogens is 297 g/mol. The van der Waals surface area contributed by atoms with Gasteiger partial charge < -0.3 is 15.5 Å². The zero-order valence-electron chi connectivity index (χ0n) is 12.1. The van der Waals surface area contributed by atoms with Crippen LogP contribution in [0.4, 0.5) is 11.6 Å². The molecular formula is C13H21Cl2N5. The van der Waals surface area contributed by atoms with E-state index in [1.807, 2.05) is 0 Å². The van der Waals surface area contributed by atoms with E-state index in [4.69, 9.17) is 23.2 Å². The first-order valence-corrected chi connectivity index (χ1v) is 7.43. The number of likely N-dealkylation sites (N-methyl/N-ethyl adjacent to an activating group) is 2. The van der Waals surface area contributed by atoms with Crippen molar-refractivity contribution in [3.05, 3.63) is 16.1 Å². The van der Waals surface area contributed by atoms with Crippen LogP contribution in [-0.2, 0) is 0 Å². The molecule has 0 amide bonds. The van der Waals surface area contributed by atoms with Crippen molar-refractivity contribution in [2.24, 2.45) is 0 Å². The Bertz CT molecular complexity index is 468. The summed E-state index contributed by atoms with van der Waals surface area (Å²) in [5, 5.41) is 7.35. The summed E-state index contributed by atoms with van der Waals surface area (Å²) in [5.74, 6) is 1.30. The van der Waals surface area contributed by atoms with Crippen molar-refractivity contribution in [3.8, 4) is 0 Å². The van der Waals surface area contributed by atoms with E-state index in [0.29, 0.717) is 27.7 Å². The molecule has 1 fully saturated rings. The highest BCUT2D eigenvalue weighted by Gasteiger charge is 2.22. The monoisotopic (exact) mass is 317 g/mol. The highest BCUT2D eigenvalue weighted by Crippen LogP contribution is 2.28. The molecule has 2 N–H and O–H groups in total. The average molecular weight is 318 g/mol. The molecule has 0 aliphatic carbocycles. The molecule has 0 saturated carbocycles. The SMILES string of the molecule is CNc1nc(NCC2CN(C)CCN2C)c(Cl)cc1Cl. The normalized spacial score (nSPS) is 20.9. The Morgan fingerprint density at radius 3 is 2.65 bits per heavy atom. The molecule has 112 valence electrons. The molecule has 1 atom stereocenters. The maximum absolute atomic E-state index is 6.18. The lowest BCUT2D eigenvalue weighted by molar-refractivity contribution is 0.122. The predicted molar refractivity (Wildman–Crippen MR) is 86.2 cm³/mol. The third-order valence-electron chi connectivity index (χ3n) is 3.65. The van der Waals surface area contributed by atoms with Crippen LogP contribution in [0.5, 0.6) is 0 Å². The third kappa shape index (κ3) is 3.67. The van der Waals surface area contributed by atoms with Crippen LogP contribution in [-0.4, -0.2) is 68.1 Å². The number of anilines is 2. The van der Waals surface area contributed by atoms with E-state index >= 15 is 0 Å². The average Bonchev–Trinajstić information content (AvgIpc) is 2.41. The minimum atomic E-state index is 0.445. The lowest BCUT2D eigenvalue weighted by atomic mass is 10.2. The summed E-state index contributed by atoms with van der Waals surface area (Å²) in [7, 11) is 6.08. The number of hydrogen-bond donors (Lipinski definition) is 2. The molecule has 0 spiro atoms. The molecule has 2 heterocycles. The van der Waals surface area contributed by atoms with Gasteiger partial charge in [0.1, 0.15) is 11.6 Å². The molecule has 1 aliphatic heterocycles. The first-order valence-electron chi connectivity index (χ1n) is 6.67. The van der Waals surface area contributed by atoms with Crippen LogP contribution < -0.4 is 10.6 Å². The number of pyridine rings is 1. The van der Waals surface area contributed by atoms with E-state index in [2.05, 4.69) is 39.5 Å². The van der Waals surface area contributed by atoms with Crippen molar-refractivity contribution in [1.82, 2.24) is 14.8 Å². The van der Waals surface area contributed by atoms with Crippen molar-refractivity contribution < 1.29 is 0 Å². The fourth-order valence-electron chi connectivity index (χ4n) is 2.30. The van der Waals surface area contributed by atoms with Gasteiger partial charge in [-0.2, -0.15) is 0 Å². The van der Waals surface area contributed by atoms with Gasteiger partial charge in [0.15, 0.2) is 0 Å². The zero-order chi connectivity index (χ0) is 14.7. The fraction of sp³-hybridized carbons (Fsp3) is 0.615. The van der Waals surface area contributed by atoms with Gasteiger partial charge in [-0.15, -0.1) is 0 Å². The van der Waals surface area contributed by atoms with Gasteiger partial charge in [0.2, 0.25) is 0 Å². The lowest BCUT2D eigenvalue weighted by Gasteiger charge is -2.37. The number of halogens is 2. The van der Waals surface area contributed by atoms with Crippen LogP contribution in [0.25, 0.3) is 0 Å². The Labute approximate surface area is 130 Å². The summed E-state index contributed by atoms with van der Waals surface area (Å²) in [5.41, 5.74) is 0. The number of hydrogen-bond acceptors (Lipinski definition) is 5. The molecule has 1 saturated heterocycles. The second-order valence-electron chi connectivity index (χ2n) is 5.18. The van der Waals surface area contributed by atoms with Gasteiger partial charge in [0.05, 0.1) is 10.0 Å². The minimum absolute atomic E-state index is 0.445. The molecule has 0 bridgehead atoms. The molecule has 0 radical (unpaired) electrons. The largest absolute Gasteiger partial charge is 0.372 e. The summed E-state index contributed by atoms with van der Waals surface area (Å²) < 4.78 is 0. The molecule has 1 unspecified atom stereocenters. The Balaban J connectivity index is 2.03. The van der Waals surface area contributed by atoms with E-state index in [-0.39, 0.29) is 0 Å². The lowest BCUT2D eigenvalue weighted by Crippen LogP contribution is -2.52. The van der Waals surface area contributed by atoms with Crippen molar-refractivity contribution >= 4 is 34.8 Å². The van der Waals surface area contributed by atoms with Gasteiger partial charge in [-0.3, -0.25) is 4.90 Å². The maximum Gasteiger partial charge on any atom is 0.147 e. The van der Waals surface area contributed by atoms with Crippen molar-refractivity contribution in [2.45, 2.75) is 6.04 Å². The fourth-order valence-corrected chi connectivity index (χ4v) is 2.82. The van der Waals surface area contributed by atoms with Crippen molar-refractivity contribution in [3.63, 3.8) is 0 Å². The smallest absolute Gasteiger partial charge is 0.147 e. The van der Waals surface area contributed by atoms with Gasteiger partial charge in [0.25, 0.3) is 0 Å². The van der Waals surface area contributed by atoms with Gasteiger partial charge in [-0.05, 0) is 20.2 Å². The van der Waals surface area contributed by atoms with Crippen LogP contribution >= 0.6 is 23.2 Å². The second-order valence-corrected chi connectivity index (χ2v) is 5.99. The van der Waals surface area contributed by atoms with Gasteiger partial charge in [-0.1, -0.05) is 23.2 Å². The molecule has 2 rings (SSSR count). The van der Waals surface area contributed by atoms with E-state index in [1.54, 1.807) is 13.1 Å². The predicted octanol–water partition coefficient (Wildman–Crippen LogP) is 2.09. The molecule has 1 aliphatic rings. The van der Waals surface area contributed by atoms with Crippen LogP contribution in [0.3, 0.4) is 0 Å². The van der Waals surface area contributed by atoms with Gasteiger partial charge in [-0.25, -0.2) is 4.98 Å². The second kappa shape index (κ2) is 6.80. The van der Waals surface area contributed by atoms with E-state index in [0.717, 1.165) is 26.2 Å². The van der Waals surface area contributed by atoms with E-state index in [9.17, 15) is 0 Å². The number of nitrogens with zero attached hydrogens (tertiary/aromatic N) is 3. The number of aromatic nitrogens is 1. The zero-order valence-corrected chi connectivity index (χ0v) is 13.6. The van der Waals surface area contributed by atoms with Crippen molar-refractivity contribution in [1.29, 1.82) is 0 Å². The molecule has 1 aromatic heterocycles. The Hall–Kier alpha value is -0.750. The maximum atomic E-state index is 6.18. The standard InChI is InChI=1S/C13H21Cl2N5/c1-16-12-10(14)6-11(15)13(18-12)17-7-9-8-19(2)4-5-20(9)3/h6,9H,4-5,7-8H2,1-3H3,(H2,16,17,18). The van der Waals surface area contributed by atoms with Crippen LogP contribution in [0.15, 0.2) is 6.07 Å². The summed E-state index contributed by atoms with van der Waals surface area (Å²) in [6.07, 6.45) is 0. The van der Waals surface area contributed by atoms with Crippen LogP contribution in [0.1, 0.15) is 0 Å². The first kappa shape index (κ1) is 15.6. The van der Waals surface area contributed by atoms with Crippen LogP contribution in [0, 0.1) is 0 Å². The minimum Gasteiger partial charge on any atom is -0.372 e. The number of piperazine rings is 1. The first-order chi connectivity index (χ1) is 9.51. The Morgan fingerprint density at radius 2 is 1.95 bits per heavy atom. The van der Waals surface area contributed by atoms with Crippen LogP contribution in [0.2, 0.25) is 10.0 Å². The van der Waals surface area contributed by atoms with Crippen molar-refractivity contribution in [2.75, 3.05) is 58.0 Å². The highest BCUT2D eigenvalue weighted by atomic mass is 35.5. The molecule has 20 heavy (non-hydrogen) atoms. The summed E-state index contributed by atoms with van der Waals surface area (Å²) in [4.78, 5) is 9.09. The summed E-state index contributed by atoms with van der Waals surface area (Å²) in [6, 6.07) is 2.15. The topological polar surface area (TPSA) is 43.4 Å². The Morgan fingerprint density at radius 1 is 1.25 bits per heavy atom. The third-order valence-corrected chi connectivity index (χ3v) is 4.23. The van der Waals surface area contributed by atoms with Gasteiger partial charge in [0, 0.05) is 39.3 Å². The Kier molecular flexibility index (Phi) is 5.32. The van der Waals surface area contributed by atoms with E-state index < -0.39 is 0 Å². The quantitative estimate of drug-likeness (QED) is 0.890. The van der Waals surface area contributed by atoms with E-state index in [1.165, 1.54) is 0 Å². The number of rotatable bonds is 4. The molecule has 7 heteroatoms. The molecule has 1 aromatic rings.